The lowest BCUT2D eigenvalue weighted by molar-refractivity contribution is -0.130. The summed E-state index contributed by atoms with van der Waals surface area (Å²) in [6, 6.07) is 14.7. The quantitative estimate of drug-likeness (QED) is 0.489. The van der Waals surface area contributed by atoms with Crippen molar-refractivity contribution in [3.8, 4) is 5.75 Å². The highest BCUT2D eigenvalue weighted by Crippen LogP contribution is 2.36. The summed E-state index contributed by atoms with van der Waals surface area (Å²) in [5, 5.41) is 5.61. The molecule has 6 heteroatoms. The lowest BCUT2D eigenvalue weighted by atomic mass is 9.86. The van der Waals surface area contributed by atoms with Gasteiger partial charge in [-0.15, -0.1) is 0 Å². The third-order valence-corrected chi connectivity index (χ3v) is 6.21. The Morgan fingerprint density at radius 3 is 2.26 bits per heavy atom. The third-order valence-electron chi connectivity index (χ3n) is 5.45. The van der Waals surface area contributed by atoms with E-state index in [4.69, 9.17) is 17.4 Å². The molecule has 31 heavy (non-hydrogen) atoms. The van der Waals surface area contributed by atoms with Crippen LogP contribution in [0.1, 0.15) is 43.9 Å². The van der Waals surface area contributed by atoms with Gasteiger partial charge in [-0.3, -0.25) is 9.59 Å². The SMILES string of the molecule is CCC(S)(C(=O)NC(Cc1ccc(OC)cc1)C(=O)NC)c1ccccc1CC(C)C. The number of methoxy groups -OCH3 is 1. The van der Waals surface area contributed by atoms with Crippen LogP contribution in [-0.2, 0) is 27.2 Å². The average molecular weight is 443 g/mol. The molecule has 5 nitrogen and oxygen atoms in total. The minimum atomic E-state index is -1.03. The smallest absolute Gasteiger partial charge is 0.242 e. The molecule has 0 radical (unpaired) electrons. The molecule has 2 rings (SSSR count). The molecular formula is C25H34N2O3S. The summed E-state index contributed by atoms with van der Waals surface area (Å²) in [5.41, 5.74) is 2.93. The van der Waals surface area contributed by atoms with Gasteiger partial charge < -0.3 is 15.4 Å². The van der Waals surface area contributed by atoms with E-state index in [1.54, 1.807) is 14.2 Å². The van der Waals surface area contributed by atoms with Gasteiger partial charge in [0.2, 0.25) is 11.8 Å². The number of amides is 2. The van der Waals surface area contributed by atoms with Crippen LogP contribution < -0.4 is 15.4 Å². The van der Waals surface area contributed by atoms with E-state index in [9.17, 15) is 9.59 Å². The Kier molecular flexibility index (Phi) is 8.99. The second-order valence-electron chi connectivity index (χ2n) is 8.16. The van der Waals surface area contributed by atoms with Crippen LogP contribution in [-0.4, -0.2) is 32.0 Å². The molecule has 2 atom stereocenters. The first kappa shape index (κ1) is 24.8. The highest BCUT2D eigenvalue weighted by atomic mass is 32.1. The van der Waals surface area contributed by atoms with Crippen molar-refractivity contribution in [3.05, 3.63) is 65.2 Å². The van der Waals surface area contributed by atoms with Crippen molar-refractivity contribution in [1.29, 1.82) is 0 Å². The van der Waals surface area contributed by atoms with Crippen LogP contribution in [0.25, 0.3) is 0 Å². The third kappa shape index (κ3) is 6.26. The fraction of sp³-hybridized carbons (Fsp3) is 0.440. The minimum absolute atomic E-state index is 0.244. The van der Waals surface area contributed by atoms with E-state index in [1.807, 2.05) is 49.4 Å². The van der Waals surface area contributed by atoms with Gasteiger partial charge in [0.15, 0.2) is 0 Å². The fourth-order valence-corrected chi connectivity index (χ4v) is 3.96. The number of thiol groups is 1. The van der Waals surface area contributed by atoms with Gasteiger partial charge in [-0.25, -0.2) is 0 Å². The Balaban J connectivity index is 2.30. The van der Waals surface area contributed by atoms with Crippen molar-refractivity contribution in [3.63, 3.8) is 0 Å². The zero-order valence-corrected chi connectivity index (χ0v) is 20.0. The molecule has 0 spiro atoms. The van der Waals surface area contributed by atoms with E-state index in [1.165, 1.54) is 0 Å². The van der Waals surface area contributed by atoms with Crippen molar-refractivity contribution < 1.29 is 14.3 Å². The van der Waals surface area contributed by atoms with Crippen LogP contribution in [0.4, 0.5) is 0 Å². The Morgan fingerprint density at radius 2 is 1.71 bits per heavy atom. The van der Waals surface area contributed by atoms with Gasteiger partial charge in [-0.1, -0.05) is 57.2 Å². The van der Waals surface area contributed by atoms with Crippen LogP contribution in [0.15, 0.2) is 48.5 Å². The molecular weight excluding hydrogens is 408 g/mol. The van der Waals surface area contributed by atoms with Gasteiger partial charge >= 0.3 is 0 Å². The molecule has 0 fully saturated rings. The lowest BCUT2D eigenvalue weighted by Crippen LogP contribution is -2.52. The zero-order chi connectivity index (χ0) is 23.0. The standard InChI is InChI=1S/C25H34N2O3S/c1-6-25(31,21-10-8-7-9-19(21)15-17(2)3)24(29)27-22(23(28)26-4)16-18-11-13-20(30-5)14-12-18/h7-14,17,22,31H,6,15-16H2,1-5H3,(H,26,28)(H,27,29). The van der Waals surface area contributed by atoms with Gasteiger partial charge in [0, 0.05) is 13.5 Å². The zero-order valence-electron chi connectivity index (χ0n) is 19.1. The van der Waals surface area contributed by atoms with Gasteiger partial charge in [-0.05, 0) is 47.6 Å². The minimum Gasteiger partial charge on any atom is -0.497 e. The first-order valence-electron chi connectivity index (χ1n) is 10.7. The van der Waals surface area contributed by atoms with E-state index in [0.29, 0.717) is 18.8 Å². The number of nitrogens with one attached hydrogen (secondary N) is 2. The Labute approximate surface area is 191 Å². The molecule has 0 aliphatic carbocycles. The van der Waals surface area contributed by atoms with Crippen LogP contribution in [0, 0.1) is 5.92 Å². The molecule has 168 valence electrons. The van der Waals surface area contributed by atoms with Crippen molar-refractivity contribution >= 4 is 24.4 Å². The number of carbonyl (C=O) groups excluding carboxylic acids is 2. The molecule has 2 N–H and O–H groups in total. The highest BCUT2D eigenvalue weighted by Gasteiger charge is 2.38. The summed E-state index contributed by atoms with van der Waals surface area (Å²) in [6.07, 6.45) is 1.73. The van der Waals surface area contributed by atoms with E-state index in [-0.39, 0.29) is 11.8 Å². The molecule has 0 aromatic heterocycles. The van der Waals surface area contributed by atoms with Crippen LogP contribution in [0.5, 0.6) is 5.75 Å². The van der Waals surface area contributed by atoms with E-state index >= 15 is 0 Å². The summed E-state index contributed by atoms with van der Waals surface area (Å²) >= 11 is 4.86. The second kappa shape index (κ2) is 11.2. The number of hydrogen-bond donors (Lipinski definition) is 3. The van der Waals surface area contributed by atoms with Gasteiger partial charge in [0.25, 0.3) is 0 Å². The number of carbonyl (C=O) groups is 2. The summed E-state index contributed by atoms with van der Waals surface area (Å²) in [7, 11) is 3.18. The first-order chi connectivity index (χ1) is 14.7. The summed E-state index contributed by atoms with van der Waals surface area (Å²) < 4.78 is 4.16. The Morgan fingerprint density at radius 1 is 1.06 bits per heavy atom. The second-order valence-corrected chi connectivity index (χ2v) is 8.92. The monoisotopic (exact) mass is 442 g/mol. The maximum absolute atomic E-state index is 13.5. The molecule has 2 unspecified atom stereocenters. The number of hydrogen-bond acceptors (Lipinski definition) is 4. The average Bonchev–Trinajstić information content (AvgIpc) is 2.77. The first-order valence-corrected chi connectivity index (χ1v) is 11.2. The van der Waals surface area contributed by atoms with Crippen LogP contribution >= 0.6 is 12.6 Å². The van der Waals surface area contributed by atoms with Crippen molar-refractivity contribution in [2.75, 3.05) is 14.2 Å². The molecule has 0 heterocycles. The van der Waals surface area contributed by atoms with Crippen LogP contribution in [0.2, 0.25) is 0 Å². The van der Waals surface area contributed by atoms with Gasteiger partial charge in [-0.2, -0.15) is 12.6 Å². The highest BCUT2D eigenvalue weighted by molar-refractivity contribution is 7.82. The molecule has 0 aliphatic rings. The molecule has 2 aromatic carbocycles. The topological polar surface area (TPSA) is 67.4 Å². The van der Waals surface area contributed by atoms with E-state index < -0.39 is 10.8 Å². The van der Waals surface area contributed by atoms with Crippen molar-refractivity contribution in [2.24, 2.45) is 5.92 Å². The largest absolute Gasteiger partial charge is 0.497 e. The fourth-order valence-electron chi connectivity index (χ4n) is 3.67. The van der Waals surface area contributed by atoms with Gasteiger partial charge in [0.1, 0.15) is 16.5 Å². The predicted octanol–water partition coefficient (Wildman–Crippen LogP) is 3.90. The summed E-state index contributed by atoms with van der Waals surface area (Å²) in [6.45, 7) is 6.25. The van der Waals surface area contributed by atoms with Gasteiger partial charge in [0.05, 0.1) is 7.11 Å². The Bertz CT molecular complexity index is 883. The summed E-state index contributed by atoms with van der Waals surface area (Å²) in [4.78, 5) is 26.0. The molecule has 0 saturated carbocycles. The molecule has 0 saturated heterocycles. The number of benzene rings is 2. The van der Waals surface area contributed by atoms with E-state index in [0.717, 1.165) is 28.9 Å². The molecule has 0 aliphatic heterocycles. The summed E-state index contributed by atoms with van der Waals surface area (Å²) in [5.74, 6) is 0.682. The van der Waals surface area contributed by atoms with Crippen molar-refractivity contribution in [1.82, 2.24) is 10.6 Å². The maximum atomic E-state index is 13.5. The Hall–Kier alpha value is -2.47. The molecule has 2 amide bonds. The number of rotatable bonds is 10. The molecule has 2 aromatic rings. The normalized spacial score (nSPS) is 13.9. The predicted molar refractivity (Wildman–Crippen MR) is 129 cm³/mol. The van der Waals surface area contributed by atoms with E-state index in [2.05, 4.69) is 30.5 Å². The van der Waals surface area contributed by atoms with Crippen molar-refractivity contribution in [2.45, 2.75) is 50.8 Å². The number of likely N-dealkylation sites (N-methyl/N-ethyl adjacent to an activating group) is 1. The number of ether oxygens (including phenoxy) is 1. The van der Waals surface area contributed by atoms with Crippen LogP contribution in [0.3, 0.4) is 0 Å². The lowest BCUT2D eigenvalue weighted by Gasteiger charge is -2.31. The maximum Gasteiger partial charge on any atom is 0.242 e. The molecule has 0 bridgehead atoms.